The number of halogens is 6. The topological polar surface area (TPSA) is 55.4 Å². The number of piperidine rings is 1. The molecule has 2 heterocycles. The maximum absolute atomic E-state index is 13.7. The first-order chi connectivity index (χ1) is 18.7. The van der Waals surface area contributed by atoms with E-state index in [1.807, 2.05) is 0 Å². The van der Waals surface area contributed by atoms with Crippen molar-refractivity contribution in [3.8, 4) is 0 Å². The predicted octanol–water partition coefficient (Wildman–Crippen LogP) is 6.97. The zero-order chi connectivity index (χ0) is 28.9. The van der Waals surface area contributed by atoms with Gasteiger partial charge in [0.15, 0.2) is 9.84 Å². The fourth-order valence-corrected chi connectivity index (χ4v) is 7.76. The van der Waals surface area contributed by atoms with Crippen molar-refractivity contribution >= 4 is 15.6 Å². The third-order valence-corrected chi connectivity index (χ3v) is 9.88. The van der Waals surface area contributed by atoms with E-state index in [1.165, 1.54) is 12.1 Å². The van der Waals surface area contributed by atoms with Crippen LogP contribution in [0.15, 0.2) is 90.3 Å². The number of sulfone groups is 1. The third-order valence-electron chi connectivity index (χ3n) is 7.66. The van der Waals surface area contributed by atoms with Gasteiger partial charge in [0.25, 0.3) is 0 Å². The molecule has 5 rings (SSSR count). The van der Waals surface area contributed by atoms with E-state index in [0.717, 1.165) is 0 Å². The summed E-state index contributed by atoms with van der Waals surface area (Å²) in [6.45, 7) is 3.68. The molecular formula is C29H25F6NO3S. The largest absolute Gasteiger partial charge is 0.488 e. The number of fused-ring (bicyclic) bond motifs is 2. The number of benzene rings is 3. The van der Waals surface area contributed by atoms with Crippen molar-refractivity contribution in [1.82, 2.24) is 5.32 Å². The number of rotatable bonds is 6. The Kier molecular flexibility index (Phi) is 7.02. The van der Waals surface area contributed by atoms with Crippen LogP contribution in [0, 0.1) is 0 Å². The molecule has 2 bridgehead atoms. The van der Waals surface area contributed by atoms with E-state index in [1.54, 1.807) is 48.5 Å². The van der Waals surface area contributed by atoms with Crippen LogP contribution in [0.4, 0.5) is 26.3 Å². The van der Waals surface area contributed by atoms with Crippen LogP contribution in [-0.2, 0) is 32.5 Å². The minimum atomic E-state index is -5.02. The fraction of sp³-hybridized carbons (Fsp3) is 0.310. The summed E-state index contributed by atoms with van der Waals surface area (Å²) in [5, 5.41) is 2.59. The SMILES string of the molecule is C=C(O[C@@H]1CC[C@@H]2N[C@@]1(c1ccccc1)C[C@H]2S(=O)(=O)c1ccccc1)c1cc(C(F)(F)F)cc(C(F)(F)F)c1. The highest BCUT2D eigenvalue weighted by atomic mass is 32.2. The molecule has 212 valence electrons. The van der Waals surface area contributed by atoms with Gasteiger partial charge >= 0.3 is 12.4 Å². The van der Waals surface area contributed by atoms with Gasteiger partial charge in [0.2, 0.25) is 0 Å². The molecule has 0 aromatic heterocycles. The molecule has 1 N–H and O–H groups in total. The molecule has 4 atom stereocenters. The highest BCUT2D eigenvalue weighted by Crippen LogP contribution is 2.49. The first-order valence-electron chi connectivity index (χ1n) is 12.5. The van der Waals surface area contributed by atoms with Crippen molar-refractivity contribution < 1.29 is 39.5 Å². The van der Waals surface area contributed by atoms with Crippen LogP contribution in [0.25, 0.3) is 5.76 Å². The van der Waals surface area contributed by atoms with Crippen molar-refractivity contribution in [3.63, 3.8) is 0 Å². The fourth-order valence-electron chi connectivity index (χ4n) is 5.75. The molecule has 0 saturated carbocycles. The summed E-state index contributed by atoms with van der Waals surface area (Å²) in [4.78, 5) is 0.170. The molecule has 0 spiro atoms. The van der Waals surface area contributed by atoms with Gasteiger partial charge in [-0.25, -0.2) is 8.42 Å². The van der Waals surface area contributed by atoms with E-state index in [0.29, 0.717) is 30.5 Å². The van der Waals surface area contributed by atoms with Gasteiger partial charge in [0.05, 0.1) is 26.8 Å². The first-order valence-corrected chi connectivity index (χ1v) is 14.0. The van der Waals surface area contributed by atoms with Crippen LogP contribution >= 0.6 is 0 Å². The molecule has 2 aliphatic rings. The molecule has 3 aromatic carbocycles. The molecule has 2 saturated heterocycles. The zero-order valence-electron chi connectivity index (χ0n) is 21.0. The lowest BCUT2D eigenvalue weighted by Gasteiger charge is -2.42. The van der Waals surface area contributed by atoms with Gasteiger partial charge in [0, 0.05) is 11.6 Å². The van der Waals surface area contributed by atoms with E-state index >= 15 is 0 Å². The van der Waals surface area contributed by atoms with Crippen molar-refractivity contribution in [2.45, 2.75) is 59.4 Å². The van der Waals surface area contributed by atoms with Crippen LogP contribution in [0.3, 0.4) is 0 Å². The molecule has 0 amide bonds. The van der Waals surface area contributed by atoms with Gasteiger partial charge in [-0.1, -0.05) is 55.1 Å². The Morgan fingerprint density at radius 2 is 1.40 bits per heavy atom. The molecule has 2 fully saturated rings. The predicted molar refractivity (Wildman–Crippen MR) is 137 cm³/mol. The van der Waals surface area contributed by atoms with Gasteiger partial charge in [-0.3, -0.25) is 0 Å². The third kappa shape index (κ3) is 5.12. The van der Waals surface area contributed by atoms with Gasteiger partial charge in [-0.15, -0.1) is 0 Å². The Morgan fingerprint density at radius 3 is 1.95 bits per heavy atom. The summed E-state index contributed by atoms with van der Waals surface area (Å²) in [6.07, 6.45) is -10.1. The maximum atomic E-state index is 13.7. The van der Waals surface area contributed by atoms with E-state index in [4.69, 9.17) is 4.74 Å². The second-order valence-electron chi connectivity index (χ2n) is 10.1. The highest BCUT2D eigenvalue weighted by molar-refractivity contribution is 7.92. The van der Waals surface area contributed by atoms with Crippen molar-refractivity contribution in [2.75, 3.05) is 0 Å². The number of hydrogen-bond donors (Lipinski definition) is 1. The summed E-state index contributed by atoms with van der Waals surface area (Å²) < 4.78 is 114. The van der Waals surface area contributed by atoms with Crippen LogP contribution < -0.4 is 5.32 Å². The van der Waals surface area contributed by atoms with Gasteiger partial charge in [-0.2, -0.15) is 26.3 Å². The normalized spacial score (nSPS) is 25.0. The van der Waals surface area contributed by atoms with Gasteiger partial charge in [0.1, 0.15) is 11.9 Å². The van der Waals surface area contributed by atoms with Crippen LogP contribution in [-0.4, -0.2) is 25.8 Å². The quantitative estimate of drug-likeness (QED) is 0.252. The summed E-state index contributed by atoms with van der Waals surface area (Å²) in [6, 6.07) is 17.7. The Balaban J connectivity index is 1.52. The smallest absolute Gasteiger partial charge is 0.416 e. The van der Waals surface area contributed by atoms with Crippen LogP contribution in [0.5, 0.6) is 0 Å². The van der Waals surface area contributed by atoms with E-state index in [2.05, 4.69) is 11.9 Å². The number of nitrogens with one attached hydrogen (secondary N) is 1. The molecule has 0 unspecified atom stereocenters. The first kappa shape index (κ1) is 28.2. The van der Waals surface area contributed by atoms with Gasteiger partial charge < -0.3 is 10.1 Å². The van der Waals surface area contributed by atoms with E-state index in [-0.39, 0.29) is 23.1 Å². The highest BCUT2D eigenvalue weighted by Gasteiger charge is 2.58. The molecule has 0 aliphatic carbocycles. The second kappa shape index (κ2) is 9.95. The Labute approximate surface area is 227 Å². The monoisotopic (exact) mass is 581 g/mol. The summed E-state index contributed by atoms with van der Waals surface area (Å²) >= 11 is 0. The van der Waals surface area contributed by atoms with Gasteiger partial charge in [-0.05, 0) is 55.2 Å². The molecule has 3 aromatic rings. The lowest BCUT2D eigenvalue weighted by molar-refractivity contribution is -0.143. The second-order valence-corrected chi connectivity index (χ2v) is 12.3. The molecule has 4 nitrogen and oxygen atoms in total. The standard InChI is InChI=1S/C29H25F6NO3S/c1-18(19-14-21(28(30,31)32)16-22(15-19)29(33,34)35)39-26-13-12-24-25(40(37,38)23-10-6-3-7-11-23)17-27(26,36-24)20-8-4-2-5-9-20/h2-11,14-16,24-26,36H,1,12-13,17H2/t24-,25+,26+,27+/m0/s1. The molecule has 11 heteroatoms. The minimum absolute atomic E-state index is 0.0466. The van der Waals surface area contributed by atoms with Crippen molar-refractivity contribution in [3.05, 3.63) is 108 Å². The van der Waals surface area contributed by atoms with E-state index < -0.39 is 61.8 Å². The average molecular weight is 582 g/mol. The Bertz CT molecular complexity index is 1470. The molecular weight excluding hydrogens is 556 g/mol. The van der Waals surface area contributed by atoms with E-state index in [9.17, 15) is 34.8 Å². The summed E-state index contributed by atoms with van der Waals surface area (Å²) in [5.41, 5.74) is -3.79. The maximum Gasteiger partial charge on any atom is 0.416 e. The Hall–Kier alpha value is -3.31. The number of alkyl halides is 6. The minimum Gasteiger partial charge on any atom is -0.488 e. The van der Waals surface area contributed by atoms with Crippen LogP contribution in [0.1, 0.15) is 41.5 Å². The summed E-state index contributed by atoms with van der Waals surface area (Å²) in [5.74, 6) is -0.369. The zero-order valence-corrected chi connectivity index (χ0v) is 21.8. The molecule has 0 radical (unpaired) electrons. The molecule has 40 heavy (non-hydrogen) atoms. The average Bonchev–Trinajstić information content (AvgIpc) is 3.25. The summed E-state index contributed by atoms with van der Waals surface area (Å²) in [7, 11) is -3.78. The number of ether oxygens (including phenoxy) is 1. The lowest BCUT2D eigenvalue weighted by atomic mass is 9.80. The molecule has 2 aliphatic heterocycles. The van der Waals surface area contributed by atoms with Crippen molar-refractivity contribution in [2.24, 2.45) is 0 Å². The Morgan fingerprint density at radius 1 is 0.850 bits per heavy atom. The lowest BCUT2D eigenvalue weighted by Crippen LogP contribution is -2.54. The van der Waals surface area contributed by atoms with Crippen molar-refractivity contribution in [1.29, 1.82) is 0 Å². The van der Waals surface area contributed by atoms with Crippen LogP contribution in [0.2, 0.25) is 0 Å². The number of hydrogen-bond acceptors (Lipinski definition) is 4.